The number of hydrogen-bond acceptors (Lipinski definition) is 4. The summed E-state index contributed by atoms with van der Waals surface area (Å²) in [6.07, 6.45) is 5.29. The van der Waals surface area contributed by atoms with Gasteiger partial charge in [-0.2, -0.15) is 0 Å². The van der Waals surface area contributed by atoms with Crippen LogP contribution in [-0.4, -0.2) is 60.8 Å². The van der Waals surface area contributed by atoms with Crippen molar-refractivity contribution in [2.24, 2.45) is 0 Å². The fraction of sp³-hybridized carbons (Fsp3) is 0.357. The minimum atomic E-state index is -1.13. The van der Waals surface area contributed by atoms with Gasteiger partial charge < -0.3 is 28.2 Å². The van der Waals surface area contributed by atoms with Crippen LogP contribution in [0, 0.1) is 0 Å². The molecule has 0 aliphatic carbocycles. The van der Waals surface area contributed by atoms with Crippen LogP contribution in [0.1, 0.15) is 6.99 Å². The number of aliphatic carboxylic acids is 1. The molecule has 0 amide bonds. The first-order valence-corrected chi connectivity index (χ1v) is 5.95. The van der Waals surface area contributed by atoms with E-state index in [1.165, 1.54) is 0 Å². The summed E-state index contributed by atoms with van der Waals surface area (Å²) in [5.41, 5.74) is 1.11. The minimum Gasteiger partial charge on any atom is -1.00 e. The smallest absolute Gasteiger partial charge is 1.00 e. The normalized spacial score (nSPS) is 9.05. The average molecular weight is 341 g/mol. The van der Waals surface area contributed by atoms with Crippen molar-refractivity contribution in [3.8, 4) is 0 Å². The van der Waals surface area contributed by atoms with Crippen LogP contribution < -0.4 is 42.0 Å². The second-order valence-corrected chi connectivity index (χ2v) is 4.99. The molecular weight excluding hydrogens is 319 g/mol. The van der Waals surface area contributed by atoms with Crippen LogP contribution in [-0.2, 0) is 14.3 Å². The van der Waals surface area contributed by atoms with Crippen molar-refractivity contribution in [3.05, 3.63) is 36.7 Å². The van der Waals surface area contributed by atoms with Gasteiger partial charge in [-0.3, -0.25) is 4.98 Å². The van der Waals surface area contributed by atoms with Crippen LogP contribution in [0.3, 0.4) is 0 Å². The van der Waals surface area contributed by atoms with Gasteiger partial charge in [-0.25, -0.2) is 9.59 Å². The molecule has 0 saturated carbocycles. The van der Waals surface area contributed by atoms with Gasteiger partial charge >= 0.3 is 41.5 Å². The number of carbonyl (C=O) groups is 2. The maximum atomic E-state index is 10.9. The van der Waals surface area contributed by atoms with E-state index >= 15 is 0 Å². The number of carbonyl (C=O) groups excluding carboxylic acids is 1. The summed E-state index contributed by atoms with van der Waals surface area (Å²) in [6, 6.07) is 3.82. The largest absolute Gasteiger partial charge is 1.00 e. The Morgan fingerprint density at radius 3 is 2.18 bits per heavy atom. The standard InChI is InChI=1S/C7H13NO4.C7H7N.ClH.Na.H/c1-8(2,3)4-7(11)12-5-6(9)10;1-2-7-3-5-8-6-4-7;;;/h4-5H2,1-3H3;2-6H,1H2;1H;;/q;;;+1;-1. The zero-order chi connectivity index (χ0) is 15.6. The first kappa shape index (κ1) is 26.0. The van der Waals surface area contributed by atoms with Crippen LogP contribution in [0.4, 0.5) is 0 Å². The van der Waals surface area contributed by atoms with Crippen molar-refractivity contribution < 1.29 is 67.3 Å². The van der Waals surface area contributed by atoms with Crippen molar-refractivity contribution in [2.75, 3.05) is 34.3 Å². The first-order valence-electron chi connectivity index (χ1n) is 5.95. The SMILES string of the molecule is C=Cc1ccncc1.C[N+](C)(C)CC(=O)OCC(=O)O.[Cl-].[H-].[Na+]. The van der Waals surface area contributed by atoms with Crippen LogP contribution in [0.25, 0.3) is 6.08 Å². The second-order valence-electron chi connectivity index (χ2n) is 4.99. The van der Waals surface area contributed by atoms with E-state index in [0.29, 0.717) is 4.48 Å². The van der Waals surface area contributed by atoms with Gasteiger partial charge in [0, 0.05) is 12.4 Å². The molecule has 1 aromatic heterocycles. The molecule has 120 valence electrons. The summed E-state index contributed by atoms with van der Waals surface area (Å²) in [5.74, 6) is -1.63. The number of nitrogens with zero attached hydrogens (tertiary/aromatic N) is 2. The molecule has 0 spiro atoms. The van der Waals surface area contributed by atoms with Gasteiger partial charge in [0.25, 0.3) is 0 Å². The van der Waals surface area contributed by atoms with Gasteiger partial charge in [-0.15, -0.1) is 0 Å². The number of rotatable bonds is 5. The summed E-state index contributed by atoms with van der Waals surface area (Å²) < 4.78 is 4.85. The quantitative estimate of drug-likeness (QED) is 0.331. The number of likely N-dealkylation sites (N-methyl/N-ethyl adjacent to an activating group) is 1. The van der Waals surface area contributed by atoms with E-state index in [0.717, 1.165) is 5.56 Å². The molecular formula is C14H22ClN2NaO4. The number of carboxylic acids is 1. The fourth-order valence-electron chi connectivity index (χ4n) is 1.07. The number of halogens is 1. The van der Waals surface area contributed by atoms with Gasteiger partial charge in [0.05, 0.1) is 21.1 Å². The number of carboxylic acid groups (broad SMARTS) is 1. The summed E-state index contributed by atoms with van der Waals surface area (Å²) in [5, 5.41) is 8.18. The average Bonchev–Trinajstić information content (AvgIpc) is 2.36. The number of aromatic nitrogens is 1. The van der Waals surface area contributed by atoms with E-state index in [-0.39, 0.29) is 49.9 Å². The summed E-state index contributed by atoms with van der Waals surface area (Å²) >= 11 is 0. The van der Waals surface area contributed by atoms with Gasteiger partial charge in [-0.1, -0.05) is 12.7 Å². The molecule has 0 aromatic carbocycles. The summed E-state index contributed by atoms with van der Waals surface area (Å²) in [4.78, 5) is 24.7. The Morgan fingerprint density at radius 1 is 1.36 bits per heavy atom. The molecule has 0 bridgehead atoms. The third kappa shape index (κ3) is 17.1. The van der Waals surface area contributed by atoms with E-state index in [1.807, 2.05) is 33.3 Å². The van der Waals surface area contributed by atoms with Gasteiger partial charge in [0.2, 0.25) is 0 Å². The molecule has 0 atom stereocenters. The van der Waals surface area contributed by atoms with Crippen LogP contribution >= 0.6 is 0 Å². The Hall–Kier alpha value is -0.920. The number of esters is 1. The van der Waals surface area contributed by atoms with Crippen molar-refractivity contribution in [2.45, 2.75) is 0 Å². The Labute approximate surface area is 161 Å². The second kappa shape index (κ2) is 13.7. The fourth-order valence-corrected chi connectivity index (χ4v) is 1.07. The molecule has 0 aliphatic rings. The summed E-state index contributed by atoms with van der Waals surface area (Å²) in [6.45, 7) is 3.22. The molecule has 1 aromatic rings. The van der Waals surface area contributed by atoms with Crippen molar-refractivity contribution in [1.29, 1.82) is 0 Å². The number of ether oxygens (including phenoxy) is 1. The Balaban J connectivity index is -0.000000146. The molecule has 0 aliphatic heterocycles. The van der Waals surface area contributed by atoms with Crippen molar-refractivity contribution >= 4 is 18.0 Å². The Bertz CT molecular complexity index is 456. The maximum absolute atomic E-state index is 10.9. The molecule has 1 rings (SSSR count). The molecule has 0 radical (unpaired) electrons. The zero-order valence-electron chi connectivity index (χ0n) is 14.5. The van der Waals surface area contributed by atoms with E-state index in [9.17, 15) is 9.59 Å². The monoisotopic (exact) mass is 340 g/mol. The Morgan fingerprint density at radius 2 is 1.86 bits per heavy atom. The molecule has 1 heterocycles. The molecule has 0 fully saturated rings. The van der Waals surface area contributed by atoms with E-state index in [2.05, 4.69) is 16.3 Å². The predicted octanol–water partition coefficient (Wildman–Crippen LogP) is -4.83. The predicted molar refractivity (Wildman–Crippen MR) is 76.9 cm³/mol. The van der Waals surface area contributed by atoms with E-state index in [1.54, 1.807) is 18.5 Å². The molecule has 0 unspecified atom stereocenters. The molecule has 8 heteroatoms. The first-order chi connectivity index (χ1) is 9.24. The van der Waals surface area contributed by atoms with Crippen molar-refractivity contribution in [1.82, 2.24) is 4.98 Å². The number of hydrogen-bond donors (Lipinski definition) is 1. The minimum absolute atomic E-state index is 0. The number of pyridine rings is 1. The Kier molecular flexibility index (Phi) is 16.2. The number of quaternary nitrogens is 1. The molecule has 22 heavy (non-hydrogen) atoms. The molecule has 0 saturated heterocycles. The van der Waals surface area contributed by atoms with Crippen LogP contribution in [0.5, 0.6) is 0 Å². The topological polar surface area (TPSA) is 76.5 Å². The third-order valence-corrected chi connectivity index (χ3v) is 1.90. The van der Waals surface area contributed by atoms with Crippen molar-refractivity contribution in [3.63, 3.8) is 0 Å². The van der Waals surface area contributed by atoms with Gasteiger partial charge in [-0.05, 0) is 17.7 Å². The summed E-state index contributed by atoms with van der Waals surface area (Å²) in [7, 11) is 5.46. The van der Waals surface area contributed by atoms with Crippen LogP contribution in [0.2, 0.25) is 0 Å². The zero-order valence-corrected chi connectivity index (χ0v) is 16.2. The molecule has 1 N–H and O–H groups in total. The van der Waals surface area contributed by atoms with Crippen LogP contribution in [0.15, 0.2) is 31.1 Å². The van der Waals surface area contributed by atoms with Gasteiger partial charge in [0.15, 0.2) is 13.2 Å². The molecule has 6 nitrogen and oxygen atoms in total. The van der Waals surface area contributed by atoms with Gasteiger partial charge in [0.1, 0.15) is 0 Å². The van der Waals surface area contributed by atoms with E-state index in [4.69, 9.17) is 5.11 Å². The maximum Gasteiger partial charge on any atom is 1.00 e. The third-order valence-electron chi connectivity index (χ3n) is 1.90. The van der Waals surface area contributed by atoms with E-state index < -0.39 is 18.5 Å².